The van der Waals surface area contributed by atoms with Gasteiger partial charge in [0.25, 0.3) is 5.91 Å². The third kappa shape index (κ3) is 6.66. The van der Waals surface area contributed by atoms with Crippen molar-refractivity contribution < 1.29 is 28.2 Å². The van der Waals surface area contributed by atoms with E-state index < -0.39 is 11.5 Å². The lowest BCUT2D eigenvalue weighted by molar-refractivity contribution is 0.102. The van der Waals surface area contributed by atoms with E-state index in [0.29, 0.717) is 34.8 Å². The topological polar surface area (TPSA) is 122 Å². The van der Waals surface area contributed by atoms with Crippen LogP contribution in [0.15, 0.2) is 69.6 Å². The number of hydrogen-bond donors (Lipinski definition) is 2. The van der Waals surface area contributed by atoms with Crippen LogP contribution in [-0.4, -0.2) is 39.4 Å². The van der Waals surface area contributed by atoms with Crippen molar-refractivity contribution in [2.24, 2.45) is 5.73 Å². The maximum atomic E-state index is 13.2. The Morgan fingerprint density at radius 1 is 1.07 bits per heavy atom. The minimum absolute atomic E-state index is 0.0120. The van der Waals surface area contributed by atoms with Crippen LogP contribution in [0, 0.1) is 0 Å². The zero-order valence-corrected chi connectivity index (χ0v) is 23.5. The highest BCUT2D eigenvalue weighted by atomic mass is 16.5. The van der Waals surface area contributed by atoms with Gasteiger partial charge in [-0.3, -0.25) is 4.79 Å². The molecule has 0 fully saturated rings. The van der Waals surface area contributed by atoms with Crippen molar-refractivity contribution in [2.45, 2.75) is 44.6 Å². The van der Waals surface area contributed by atoms with E-state index in [1.54, 1.807) is 50.6 Å². The van der Waals surface area contributed by atoms with Crippen molar-refractivity contribution in [2.75, 3.05) is 33.3 Å². The van der Waals surface area contributed by atoms with E-state index in [1.807, 2.05) is 32.1 Å². The molecule has 9 heteroatoms. The number of methoxy groups -OCH3 is 3. The van der Waals surface area contributed by atoms with Crippen LogP contribution >= 0.6 is 0 Å². The molecule has 0 aliphatic heterocycles. The van der Waals surface area contributed by atoms with Gasteiger partial charge < -0.3 is 34.4 Å². The van der Waals surface area contributed by atoms with Crippen molar-refractivity contribution >= 4 is 22.6 Å². The van der Waals surface area contributed by atoms with Gasteiger partial charge >= 0.3 is 5.63 Å². The highest BCUT2D eigenvalue weighted by Gasteiger charge is 2.21. The molecule has 3 N–H and O–H groups in total. The normalized spacial score (nSPS) is 14.9. The van der Waals surface area contributed by atoms with Crippen molar-refractivity contribution in [3.05, 3.63) is 81.9 Å². The van der Waals surface area contributed by atoms with Crippen LogP contribution in [0.4, 0.5) is 5.69 Å². The molecule has 0 saturated carbocycles. The predicted octanol–water partition coefficient (Wildman–Crippen LogP) is 5.53. The average Bonchev–Trinajstić information content (AvgIpc) is 2.94. The monoisotopic (exact) mass is 548 g/mol. The lowest BCUT2D eigenvalue weighted by atomic mass is 9.90. The van der Waals surface area contributed by atoms with E-state index in [1.165, 1.54) is 7.11 Å². The number of ether oxygens (including phenoxy) is 4. The van der Waals surface area contributed by atoms with Crippen LogP contribution in [0.1, 0.15) is 54.9 Å². The molecular formula is C31H36N2O7. The van der Waals surface area contributed by atoms with E-state index in [0.717, 1.165) is 30.6 Å². The Bertz CT molecular complexity index is 1500. The molecule has 0 bridgehead atoms. The van der Waals surface area contributed by atoms with E-state index in [-0.39, 0.29) is 22.7 Å². The number of anilines is 1. The summed E-state index contributed by atoms with van der Waals surface area (Å²) in [5.74, 6) is 1.69. The zero-order chi connectivity index (χ0) is 28.9. The highest BCUT2D eigenvalue weighted by molar-refractivity contribution is 6.05. The number of rotatable bonds is 11. The quantitative estimate of drug-likeness (QED) is 0.237. The van der Waals surface area contributed by atoms with E-state index >= 15 is 0 Å². The maximum Gasteiger partial charge on any atom is 0.360 e. The molecule has 40 heavy (non-hydrogen) atoms. The second-order valence-corrected chi connectivity index (χ2v) is 10.3. The summed E-state index contributed by atoms with van der Waals surface area (Å²) < 4.78 is 27.9. The standard InChI is InChI=1S/C31H36N2O7/c1-31(2,32)14-7-15-39-26-13-10-20-18-24(30(35)40-27(20)28(26)38-5)33-29(34)21-11-12-25(37-4)23(17-21)19-8-6-9-22(16-19)36-3/h6,9-13,16-19H,7-8,14-15,32H2,1-5H3,(H,33,34). The molecule has 1 heterocycles. The largest absolute Gasteiger partial charge is 0.497 e. The van der Waals surface area contributed by atoms with Gasteiger partial charge in [0.1, 0.15) is 17.2 Å². The first-order valence-electron chi connectivity index (χ1n) is 13.1. The Kier molecular flexibility index (Phi) is 8.84. The average molecular weight is 549 g/mol. The summed E-state index contributed by atoms with van der Waals surface area (Å²) in [5, 5.41) is 3.26. The third-order valence-electron chi connectivity index (χ3n) is 6.66. The Morgan fingerprint density at radius 3 is 2.55 bits per heavy atom. The van der Waals surface area contributed by atoms with Gasteiger partial charge in [-0.05, 0) is 81.7 Å². The van der Waals surface area contributed by atoms with E-state index in [2.05, 4.69) is 5.32 Å². The van der Waals surface area contributed by atoms with Crippen LogP contribution in [0.5, 0.6) is 17.2 Å². The molecule has 0 saturated heterocycles. The molecule has 0 spiro atoms. The van der Waals surface area contributed by atoms with Crippen molar-refractivity contribution in [1.29, 1.82) is 0 Å². The number of carbonyl (C=O) groups is 1. The zero-order valence-electron chi connectivity index (χ0n) is 23.5. The summed E-state index contributed by atoms with van der Waals surface area (Å²) in [6.07, 6.45) is 8.20. The SMILES string of the molecule is COC1=CC(c2cc(C(=O)Nc3cc4ccc(OCCCC(C)(C)N)c(OC)c4oc3=O)ccc2OC)CC=C1. The summed E-state index contributed by atoms with van der Waals surface area (Å²) in [4.78, 5) is 26.1. The van der Waals surface area contributed by atoms with Gasteiger partial charge in [0.15, 0.2) is 11.3 Å². The van der Waals surface area contributed by atoms with Crippen molar-refractivity contribution in [3.8, 4) is 17.2 Å². The Balaban J connectivity index is 1.57. The number of nitrogens with one attached hydrogen (secondary N) is 1. The van der Waals surface area contributed by atoms with Crippen LogP contribution in [0.2, 0.25) is 0 Å². The van der Waals surface area contributed by atoms with Crippen molar-refractivity contribution in [1.82, 2.24) is 0 Å². The van der Waals surface area contributed by atoms with Gasteiger partial charge in [0.05, 0.1) is 27.9 Å². The molecule has 1 aliphatic rings. The van der Waals surface area contributed by atoms with Crippen LogP contribution in [-0.2, 0) is 4.74 Å². The third-order valence-corrected chi connectivity index (χ3v) is 6.66. The molecule has 1 aliphatic carbocycles. The predicted molar refractivity (Wildman–Crippen MR) is 155 cm³/mol. The van der Waals surface area contributed by atoms with Gasteiger partial charge in [0.2, 0.25) is 5.75 Å². The molecule has 1 atom stereocenters. The summed E-state index contributed by atoms with van der Waals surface area (Å²) >= 11 is 0. The Labute approximate surface area is 233 Å². The molecule has 1 amide bonds. The number of nitrogens with two attached hydrogens (primary N) is 1. The van der Waals surface area contributed by atoms with Gasteiger partial charge in [0, 0.05) is 28.0 Å². The first kappa shape index (κ1) is 28.8. The van der Waals surface area contributed by atoms with Crippen molar-refractivity contribution in [3.63, 3.8) is 0 Å². The molecule has 1 unspecified atom stereocenters. The van der Waals surface area contributed by atoms with Crippen LogP contribution in [0.3, 0.4) is 0 Å². The van der Waals surface area contributed by atoms with E-state index in [9.17, 15) is 9.59 Å². The van der Waals surface area contributed by atoms with Gasteiger partial charge in [-0.2, -0.15) is 0 Å². The fourth-order valence-corrected chi connectivity index (χ4v) is 4.61. The summed E-state index contributed by atoms with van der Waals surface area (Å²) in [6.45, 7) is 4.36. The number of fused-ring (bicyclic) bond motifs is 1. The number of allylic oxidation sites excluding steroid dienone is 3. The van der Waals surface area contributed by atoms with Gasteiger partial charge in [-0.15, -0.1) is 0 Å². The fraction of sp³-hybridized carbons (Fsp3) is 0.355. The molecule has 3 aromatic rings. The number of benzene rings is 2. The van der Waals surface area contributed by atoms with E-state index in [4.69, 9.17) is 29.1 Å². The second kappa shape index (κ2) is 12.3. The number of carbonyl (C=O) groups excluding carboxylic acids is 1. The number of hydrogen-bond acceptors (Lipinski definition) is 8. The molecule has 2 aromatic carbocycles. The second-order valence-electron chi connectivity index (χ2n) is 10.3. The van der Waals surface area contributed by atoms with Crippen LogP contribution in [0.25, 0.3) is 11.0 Å². The van der Waals surface area contributed by atoms with Crippen LogP contribution < -0.4 is 30.9 Å². The molecular weight excluding hydrogens is 512 g/mol. The Morgan fingerprint density at radius 2 is 1.85 bits per heavy atom. The lowest BCUT2D eigenvalue weighted by Crippen LogP contribution is -2.32. The summed E-state index contributed by atoms with van der Waals surface area (Å²) in [7, 11) is 4.68. The molecule has 4 rings (SSSR count). The first-order valence-corrected chi connectivity index (χ1v) is 13.1. The molecule has 212 valence electrons. The molecule has 0 radical (unpaired) electrons. The minimum Gasteiger partial charge on any atom is -0.497 e. The lowest BCUT2D eigenvalue weighted by Gasteiger charge is -2.20. The van der Waals surface area contributed by atoms with Gasteiger partial charge in [-0.1, -0.05) is 6.08 Å². The first-order chi connectivity index (χ1) is 19.1. The maximum absolute atomic E-state index is 13.2. The highest BCUT2D eigenvalue weighted by Crippen LogP contribution is 2.37. The minimum atomic E-state index is -0.708. The fourth-order valence-electron chi connectivity index (χ4n) is 4.61. The smallest absolute Gasteiger partial charge is 0.360 e. The van der Waals surface area contributed by atoms with Gasteiger partial charge in [-0.25, -0.2) is 4.79 Å². The summed E-state index contributed by atoms with van der Waals surface area (Å²) in [5.41, 5.74) is 6.51. The summed E-state index contributed by atoms with van der Waals surface area (Å²) in [6, 6.07) is 10.2. The molecule has 9 nitrogen and oxygen atoms in total. The molecule has 1 aromatic heterocycles. The number of amides is 1. The Hall–Kier alpha value is -4.24.